The van der Waals surface area contributed by atoms with E-state index in [0.717, 1.165) is 42.8 Å². The van der Waals surface area contributed by atoms with Crippen molar-refractivity contribution in [2.75, 3.05) is 39.3 Å². The summed E-state index contributed by atoms with van der Waals surface area (Å²) < 4.78 is 28.1. The standard InChI is InChI=1S/C13H20BrN3O2S.2ClH/c1-11-12(14)3-2-4-13(11)20(18,19)16-7-10-17-8-5-15-6-9-17;;/h2-4,15-16H,5-10H2,1H3;2*1H. The molecule has 0 saturated carbocycles. The van der Waals surface area contributed by atoms with E-state index < -0.39 is 10.0 Å². The smallest absolute Gasteiger partial charge is 0.240 e. The van der Waals surface area contributed by atoms with Crippen LogP contribution in [-0.2, 0) is 10.0 Å². The van der Waals surface area contributed by atoms with Gasteiger partial charge in [0.05, 0.1) is 4.90 Å². The van der Waals surface area contributed by atoms with Crippen LogP contribution in [0.15, 0.2) is 27.6 Å². The van der Waals surface area contributed by atoms with Gasteiger partial charge in [0.1, 0.15) is 0 Å². The maximum atomic E-state index is 12.3. The van der Waals surface area contributed by atoms with Crippen LogP contribution in [0.25, 0.3) is 0 Å². The second-order valence-corrected chi connectivity index (χ2v) is 7.44. The minimum absolute atomic E-state index is 0. The number of benzene rings is 1. The molecule has 0 atom stereocenters. The van der Waals surface area contributed by atoms with E-state index in [2.05, 4.69) is 30.9 Å². The Morgan fingerprint density at radius 1 is 1.27 bits per heavy atom. The van der Waals surface area contributed by atoms with Gasteiger partial charge < -0.3 is 5.32 Å². The fourth-order valence-corrected chi connectivity index (χ4v) is 4.01. The number of rotatable bonds is 5. The van der Waals surface area contributed by atoms with Crippen molar-refractivity contribution in [1.82, 2.24) is 14.9 Å². The molecule has 2 N–H and O–H groups in total. The van der Waals surface area contributed by atoms with Gasteiger partial charge in [-0.2, -0.15) is 0 Å². The van der Waals surface area contributed by atoms with Crippen molar-refractivity contribution >= 4 is 50.8 Å². The quantitative estimate of drug-likeness (QED) is 0.741. The average molecular weight is 435 g/mol. The predicted octanol–water partition coefficient (Wildman–Crippen LogP) is 1.78. The molecule has 1 aliphatic rings. The van der Waals surface area contributed by atoms with Crippen LogP contribution < -0.4 is 10.0 Å². The lowest BCUT2D eigenvalue weighted by molar-refractivity contribution is 0.245. The molecule has 5 nitrogen and oxygen atoms in total. The van der Waals surface area contributed by atoms with Gasteiger partial charge in [0, 0.05) is 43.7 Å². The van der Waals surface area contributed by atoms with E-state index in [4.69, 9.17) is 0 Å². The summed E-state index contributed by atoms with van der Waals surface area (Å²) in [4.78, 5) is 2.60. The molecule has 0 amide bonds. The zero-order valence-corrected chi connectivity index (χ0v) is 16.4. The van der Waals surface area contributed by atoms with Crippen LogP contribution in [0, 0.1) is 6.92 Å². The fourth-order valence-electron chi connectivity index (χ4n) is 2.23. The molecule has 0 aliphatic carbocycles. The van der Waals surface area contributed by atoms with Crippen LogP contribution in [0.5, 0.6) is 0 Å². The van der Waals surface area contributed by atoms with E-state index in [1.165, 1.54) is 0 Å². The molecule has 1 heterocycles. The summed E-state index contributed by atoms with van der Waals surface area (Å²) in [7, 11) is -3.44. The van der Waals surface area contributed by atoms with Crippen LogP contribution >= 0.6 is 40.7 Å². The molecule has 1 aromatic rings. The van der Waals surface area contributed by atoms with Gasteiger partial charge in [-0.25, -0.2) is 13.1 Å². The van der Waals surface area contributed by atoms with E-state index in [0.29, 0.717) is 11.4 Å². The van der Waals surface area contributed by atoms with Crippen molar-refractivity contribution in [1.29, 1.82) is 0 Å². The molecule has 0 unspecified atom stereocenters. The molecule has 0 aromatic heterocycles. The number of halogens is 3. The van der Waals surface area contributed by atoms with Crippen LogP contribution in [0.4, 0.5) is 0 Å². The van der Waals surface area contributed by atoms with Crippen molar-refractivity contribution < 1.29 is 8.42 Å². The Balaban J connectivity index is 0.00000220. The Kier molecular flexibility index (Phi) is 10.1. The average Bonchev–Trinajstić information content (AvgIpc) is 2.42. The molecule has 0 radical (unpaired) electrons. The second kappa shape index (κ2) is 10.1. The SMILES string of the molecule is Cc1c(Br)cccc1S(=O)(=O)NCCN1CCNCC1.Cl.Cl. The summed E-state index contributed by atoms with van der Waals surface area (Å²) in [6.07, 6.45) is 0. The third kappa shape index (κ3) is 5.96. The molecule has 1 fully saturated rings. The van der Waals surface area contributed by atoms with E-state index in [1.54, 1.807) is 19.1 Å². The third-order valence-corrected chi connectivity index (χ3v) is 5.90. The molecular formula is C13H22BrCl2N3O2S. The topological polar surface area (TPSA) is 61.4 Å². The van der Waals surface area contributed by atoms with E-state index in [1.807, 2.05) is 6.07 Å². The van der Waals surface area contributed by atoms with Crippen LogP contribution in [0.2, 0.25) is 0 Å². The van der Waals surface area contributed by atoms with Crippen LogP contribution in [0.3, 0.4) is 0 Å². The Morgan fingerprint density at radius 3 is 2.55 bits per heavy atom. The number of hydrogen-bond donors (Lipinski definition) is 2. The zero-order valence-electron chi connectivity index (χ0n) is 12.3. The van der Waals surface area contributed by atoms with Crippen LogP contribution in [0.1, 0.15) is 5.56 Å². The van der Waals surface area contributed by atoms with Gasteiger partial charge in [-0.05, 0) is 24.6 Å². The van der Waals surface area contributed by atoms with E-state index >= 15 is 0 Å². The first-order valence-electron chi connectivity index (χ1n) is 6.68. The summed E-state index contributed by atoms with van der Waals surface area (Å²) >= 11 is 3.36. The van der Waals surface area contributed by atoms with Gasteiger partial charge >= 0.3 is 0 Å². The first-order valence-corrected chi connectivity index (χ1v) is 8.96. The Labute approximate surface area is 153 Å². The molecule has 128 valence electrons. The molecule has 9 heteroatoms. The summed E-state index contributed by atoms with van der Waals surface area (Å²) in [5, 5.41) is 3.28. The molecule has 1 saturated heterocycles. The molecule has 2 rings (SSSR count). The summed E-state index contributed by atoms with van der Waals surface area (Å²) in [6, 6.07) is 5.21. The van der Waals surface area contributed by atoms with E-state index in [9.17, 15) is 8.42 Å². The second-order valence-electron chi connectivity index (χ2n) is 4.85. The summed E-state index contributed by atoms with van der Waals surface area (Å²) in [5.74, 6) is 0. The summed E-state index contributed by atoms with van der Waals surface area (Å²) in [6.45, 7) is 6.86. The number of hydrogen-bond acceptors (Lipinski definition) is 4. The normalized spacial score (nSPS) is 15.7. The highest BCUT2D eigenvalue weighted by molar-refractivity contribution is 9.10. The van der Waals surface area contributed by atoms with Crippen molar-refractivity contribution in [3.05, 3.63) is 28.2 Å². The number of nitrogens with one attached hydrogen (secondary N) is 2. The monoisotopic (exact) mass is 433 g/mol. The number of nitrogens with zero attached hydrogens (tertiary/aromatic N) is 1. The van der Waals surface area contributed by atoms with Gasteiger partial charge in [-0.15, -0.1) is 24.8 Å². The zero-order chi connectivity index (χ0) is 14.6. The van der Waals surface area contributed by atoms with Crippen LogP contribution in [-0.4, -0.2) is 52.6 Å². The maximum absolute atomic E-state index is 12.3. The molecular weight excluding hydrogens is 413 g/mol. The van der Waals surface area contributed by atoms with Crippen molar-refractivity contribution in [2.24, 2.45) is 0 Å². The fraction of sp³-hybridized carbons (Fsp3) is 0.538. The lowest BCUT2D eigenvalue weighted by atomic mass is 10.2. The van der Waals surface area contributed by atoms with E-state index in [-0.39, 0.29) is 24.8 Å². The molecule has 0 bridgehead atoms. The van der Waals surface area contributed by atoms with Gasteiger partial charge in [0.2, 0.25) is 10.0 Å². The Morgan fingerprint density at radius 2 is 1.91 bits per heavy atom. The van der Waals surface area contributed by atoms with Crippen molar-refractivity contribution in [3.63, 3.8) is 0 Å². The number of sulfonamides is 1. The Hall–Kier alpha value is 0.110. The lowest BCUT2D eigenvalue weighted by Crippen LogP contribution is -2.46. The predicted molar refractivity (Wildman–Crippen MR) is 97.9 cm³/mol. The number of piperazine rings is 1. The molecule has 1 aliphatic heterocycles. The van der Waals surface area contributed by atoms with Gasteiger partial charge in [0.25, 0.3) is 0 Å². The highest BCUT2D eigenvalue weighted by atomic mass is 79.9. The first-order chi connectivity index (χ1) is 9.50. The van der Waals surface area contributed by atoms with Crippen molar-refractivity contribution in [3.8, 4) is 0 Å². The largest absolute Gasteiger partial charge is 0.314 e. The molecule has 0 spiro atoms. The Bertz CT molecular complexity index is 566. The third-order valence-electron chi connectivity index (χ3n) is 3.44. The molecule has 1 aromatic carbocycles. The highest BCUT2D eigenvalue weighted by Crippen LogP contribution is 2.22. The van der Waals surface area contributed by atoms with Crippen molar-refractivity contribution in [2.45, 2.75) is 11.8 Å². The van der Waals surface area contributed by atoms with Gasteiger partial charge in [0.15, 0.2) is 0 Å². The maximum Gasteiger partial charge on any atom is 0.240 e. The highest BCUT2D eigenvalue weighted by Gasteiger charge is 2.18. The lowest BCUT2D eigenvalue weighted by Gasteiger charge is -2.27. The molecule has 22 heavy (non-hydrogen) atoms. The van der Waals surface area contributed by atoms with Gasteiger partial charge in [-0.3, -0.25) is 4.90 Å². The minimum atomic E-state index is -3.44. The summed E-state index contributed by atoms with van der Waals surface area (Å²) in [5.41, 5.74) is 0.738. The minimum Gasteiger partial charge on any atom is -0.314 e. The first kappa shape index (κ1) is 22.1. The van der Waals surface area contributed by atoms with Gasteiger partial charge in [-0.1, -0.05) is 22.0 Å².